The number of benzene rings is 1. The number of hydrogen-bond acceptors (Lipinski definition) is 1. The summed E-state index contributed by atoms with van der Waals surface area (Å²) in [5.41, 5.74) is 4.28. The molecule has 0 saturated heterocycles. The molecule has 0 saturated carbocycles. The third kappa shape index (κ3) is 2.16. The predicted molar refractivity (Wildman–Crippen MR) is 76.3 cm³/mol. The summed E-state index contributed by atoms with van der Waals surface area (Å²) in [5.74, 6) is -0.179. The molecule has 1 nitrogen and oxygen atoms in total. The zero-order valence-corrected chi connectivity index (χ0v) is 12.1. The SMILES string of the molecule is Cc1cc(F)cc2c1C=C(C(C)(C)C)C(C)(C)N2. The van der Waals surface area contributed by atoms with Crippen molar-refractivity contribution in [2.75, 3.05) is 5.32 Å². The highest BCUT2D eigenvalue weighted by Crippen LogP contribution is 2.43. The number of fused-ring (bicyclic) bond motifs is 1. The fourth-order valence-electron chi connectivity index (χ4n) is 2.93. The molecule has 0 aromatic heterocycles. The molecule has 0 bridgehead atoms. The second-order valence-electron chi connectivity index (χ2n) is 6.74. The fourth-order valence-corrected chi connectivity index (χ4v) is 2.93. The van der Waals surface area contributed by atoms with Gasteiger partial charge in [0.05, 0.1) is 5.54 Å². The molecule has 1 aromatic carbocycles. The Balaban J connectivity index is 2.66. The van der Waals surface area contributed by atoms with Crippen LogP contribution in [0, 0.1) is 18.2 Å². The monoisotopic (exact) mass is 247 g/mol. The molecule has 0 spiro atoms. The largest absolute Gasteiger partial charge is 0.376 e. The second kappa shape index (κ2) is 3.84. The predicted octanol–water partition coefficient (Wildman–Crippen LogP) is 4.77. The molecule has 1 heterocycles. The van der Waals surface area contributed by atoms with Gasteiger partial charge < -0.3 is 5.32 Å². The lowest BCUT2D eigenvalue weighted by Crippen LogP contribution is -2.40. The van der Waals surface area contributed by atoms with Gasteiger partial charge in [-0.15, -0.1) is 0 Å². The molecule has 0 unspecified atom stereocenters. The summed E-state index contributed by atoms with van der Waals surface area (Å²) < 4.78 is 13.5. The Kier molecular flexibility index (Phi) is 2.80. The maximum atomic E-state index is 13.5. The first kappa shape index (κ1) is 13.1. The minimum atomic E-state index is -0.179. The van der Waals surface area contributed by atoms with E-state index in [2.05, 4.69) is 46.0 Å². The number of nitrogens with one attached hydrogen (secondary N) is 1. The van der Waals surface area contributed by atoms with E-state index in [0.29, 0.717) is 0 Å². The quantitative estimate of drug-likeness (QED) is 0.696. The molecule has 1 aliphatic heterocycles. The van der Waals surface area contributed by atoms with Gasteiger partial charge in [-0.25, -0.2) is 4.39 Å². The average Bonchev–Trinajstić information content (AvgIpc) is 2.11. The Morgan fingerprint density at radius 1 is 1.17 bits per heavy atom. The lowest BCUT2D eigenvalue weighted by atomic mass is 9.73. The highest BCUT2D eigenvalue weighted by Gasteiger charge is 2.35. The highest BCUT2D eigenvalue weighted by molar-refractivity contribution is 5.77. The molecule has 18 heavy (non-hydrogen) atoms. The van der Waals surface area contributed by atoms with Gasteiger partial charge in [0.25, 0.3) is 0 Å². The van der Waals surface area contributed by atoms with Crippen LogP contribution >= 0.6 is 0 Å². The lowest BCUT2D eigenvalue weighted by Gasteiger charge is -2.42. The zero-order chi connectivity index (χ0) is 13.7. The first-order chi connectivity index (χ1) is 8.11. The molecule has 0 aliphatic carbocycles. The van der Waals surface area contributed by atoms with E-state index in [4.69, 9.17) is 0 Å². The van der Waals surface area contributed by atoms with Crippen molar-refractivity contribution in [1.29, 1.82) is 0 Å². The molecule has 0 radical (unpaired) electrons. The van der Waals surface area contributed by atoms with Crippen LogP contribution in [-0.2, 0) is 0 Å². The highest BCUT2D eigenvalue weighted by atomic mass is 19.1. The Morgan fingerprint density at radius 3 is 2.33 bits per heavy atom. The number of anilines is 1. The van der Waals surface area contributed by atoms with Gasteiger partial charge >= 0.3 is 0 Å². The van der Waals surface area contributed by atoms with E-state index in [0.717, 1.165) is 16.8 Å². The summed E-state index contributed by atoms with van der Waals surface area (Å²) in [7, 11) is 0. The molecule has 1 aliphatic rings. The lowest BCUT2D eigenvalue weighted by molar-refractivity contribution is 0.432. The van der Waals surface area contributed by atoms with Gasteiger partial charge in [-0.3, -0.25) is 0 Å². The Bertz CT molecular complexity index is 519. The molecular weight excluding hydrogens is 225 g/mol. The van der Waals surface area contributed by atoms with Gasteiger partial charge in [0.15, 0.2) is 0 Å². The van der Waals surface area contributed by atoms with Crippen LogP contribution in [0.25, 0.3) is 6.08 Å². The van der Waals surface area contributed by atoms with Crippen LogP contribution in [0.15, 0.2) is 17.7 Å². The number of hydrogen-bond donors (Lipinski definition) is 1. The van der Waals surface area contributed by atoms with Crippen LogP contribution in [-0.4, -0.2) is 5.54 Å². The Morgan fingerprint density at radius 2 is 1.78 bits per heavy atom. The molecule has 0 atom stereocenters. The molecular formula is C16H22FN. The first-order valence-electron chi connectivity index (χ1n) is 6.42. The van der Waals surface area contributed by atoms with E-state index >= 15 is 0 Å². The Labute approximate surface area is 109 Å². The average molecular weight is 247 g/mol. The normalized spacial score (nSPS) is 17.8. The molecule has 98 valence electrons. The summed E-state index contributed by atoms with van der Waals surface area (Å²) in [6.45, 7) is 12.9. The van der Waals surface area contributed by atoms with Crippen molar-refractivity contribution < 1.29 is 4.39 Å². The molecule has 1 aromatic rings. The summed E-state index contributed by atoms with van der Waals surface area (Å²) in [4.78, 5) is 0. The maximum absolute atomic E-state index is 13.5. The van der Waals surface area contributed by atoms with Crippen molar-refractivity contribution in [3.8, 4) is 0 Å². The van der Waals surface area contributed by atoms with Crippen molar-refractivity contribution in [2.24, 2.45) is 5.41 Å². The van der Waals surface area contributed by atoms with Crippen molar-refractivity contribution >= 4 is 11.8 Å². The Hall–Kier alpha value is -1.31. The van der Waals surface area contributed by atoms with E-state index in [1.807, 2.05) is 6.92 Å². The van der Waals surface area contributed by atoms with Crippen LogP contribution in [0.4, 0.5) is 10.1 Å². The van der Waals surface area contributed by atoms with Gasteiger partial charge in [0.1, 0.15) is 5.82 Å². The molecule has 0 amide bonds. The molecule has 1 N–H and O–H groups in total. The van der Waals surface area contributed by atoms with E-state index < -0.39 is 0 Å². The number of halogens is 1. The van der Waals surface area contributed by atoms with Crippen LogP contribution in [0.1, 0.15) is 45.7 Å². The van der Waals surface area contributed by atoms with Crippen LogP contribution in [0.5, 0.6) is 0 Å². The van der Waals surface area contributed by atoms with Crippen molar-refractivity contribution in [3.05, 3.63) is 34.6 Å². The third-order valence-corrected chi connectivity index (χ3v) is 3.57. The third-order valence-electron chi connectivity index (χ3n) is 3.57. The minimum Gasteiger partial charge on any atom is -0.376 e. The van der Waals surface area contributed by atoms with Crippen LogP contribution < -0.4 is 5.32 Å². The molecule has 2 rings (SSSR count). The van der Waals surface area contributed by atoms with Gasteiger partial charge in [-0.2, -0.15) is 0 Å². The standard InChI is InChI=1S/C16H22FN/c1-10-7-11(17)8-13-12(10)9-14(15(2,3)4)16(5,6)18-13/h7-9,18H,1-6H3. The summed E-state index contributed by atoms with van der Waals surface area (Å²) in [6, 6.07) is 3.18. The number of rotatable bonds is 0. The van der Waals surface area contributed by atoms with Gasteiger partial charge in [-0.05, 0) is 49.5 Å². The van der Waals surface area contributed by atoms with Gasteiger partial charge in [0, 0.05) is 11.3 Å². The van der Waals surface area contributed by atoms with Gasteiger partial charge in [-0.1, -0.05) is 26.8 Å². The summed E-state index contributed by atoms with van der Waals surface area (Å²) >= 11 is 0. The maximum Gasteiger partial charge on any atom is 0.125 e. The molecule has 0 fully saturated rings. The van der Waals surface area contributed by atoms with Crippen molar-refractivity contribution in [2.45, 2.75) is 47.1 Å². The van der Waals surface area contributed by atoms with E-state index in [1.54, 1.807) is 12.1 Å². The van der Waals surface area contributed by atoms with Crippen LogP contribution in [0.3, 0.4) is 0 Å². The van der Waals surface area contributed by atoms with Crippen LogP contribution in [0.2, 0.25) is 0 Å². The summed E-state index contributed by atoms with van der Waals surface area (Å²) in [5, 5.41) is 3.47. The number of aryl methyl sites for hydroxylation is 1. The van der Waals surface area contributed by atoms with E-state index in [9.17, 15) is 4.39 Å². The smallest absolute Gasteiger partial charge is 0.125 e. The topological polar surface area (TPSA) is 12.0 Å². The van der Waals surface area contributed by atoms with E-state index in [-0.39, 0.29) is 16.8 Å². The van der Waals surface area contributed by atoms with Crippen molar-refractivity contribution in [1.82, 2.24) is 0 Å². The van der Waals surface area contributed by atoms with E-state index in [1.165, 1.54) is 5.57 Å². The fraction of sp³-hybridized carbons (Fsp3) is 0.500. The second-order valence-corrected chi connectivity index (χ2v) is 6.74. The molecule has 2 heteroatoms. The van der Waals surface area contributed by atoms with Crippen molar-refractivity contribution in [3.63, 3.8) is 0 Å². The van der Waals surface area contributed by atoms with Gasteiger partial charge in [0.2, 0.25) is 0 Å². The first-order valence-corrected chi connectivity index (χ1v) is 6.42. The zero-order valence-electron chi connectivity index (χ0n) is 12.1. The minimum absolute atomic E-state index is 0.0923. The summed E-state index contributed by atoms with van der Waals surface area (Å²) in [6.07, 6.45) is 2.22.